The zero-order chi connectivity index (χ0) is 19.8. The summed E-state index contributed by atoms with van der Waals surface area (Å²) in [6, 6.07) is 18.3. The molecule has 2 aromatic carbocycles. The Kier molecular flexibility index (Phi) is 4.54. The molecule has 1 N–H and O–H groups in total. The van der Waals surface area contributed by atoms with Crippen LogP contribution in [0.1, 0.15) is 11.1 Å². The van der Waals surface area contributed by atoms with Gasteiger partial charge in [-0.3, -0.25) is 4.79 Å². The third-order valence-corrected chi connectivity index (χ3v) is 6.56. The van der Waals surface area contributed by atoms with E-state index in [0.29, 0.717) is 5.57 Å². The number of carbonyl (C=O) groups is 1. The molecule has 1 amide bonds. The molecule has 0 radical (unpaired) electrons. The number of methoxy groups -OCH3 is 1. The molecule has 29 heavy (non-hydrogen) atoms. The summed E-state index contributed by atoms with van der Waals surface area (Å²) >= 11 is 3.33. The second-order valence-electron chi connectivity index (χ2n) is 6.72. The monoisotopic (exact) mass is 415 g/mol. The predicted octanol–water partition coefficient (Wildman–Crippen LogP) is 6.64. The van der Waals surface area contributed by atoms with E-state index in [-0.39, 0.29) is 5.91 Å². The second-order valence-corrected chi connectivity index (χ2v) is 8.45. The average Bonchev–Trinajstić information content (AvgIpc) is 3.50. The lowest BCUT2D eigenvalue weighted by molar-refractivity contribution is -0.110. The van der Waals surface area contributed by atoms with Gasteiger partial charge >= 0.3 is 0 Å². The van der Waals surface area contributed by atoms with Gasteiger partial charge in [0.05, 0.1) is 7.11 Å². The van der Waals surface area contributed by atoms with Crippen LogP contribution in [0.15, 0.2) is 70.7 Å². The number of nitrogens with one attached hydrogen (secondary N) is 1. The first-order valence-electron chi connectivity index (χ1n) is 9.15. The van der Waals surface area contributed by atoms with Gasteiger partial charge in [0.2, 0.25) is 0 Å². The highest BCUT2D eigenvalue weighted by Crippen LogP contribution is 2.38. The first-order valence-corrected chi connectivity index (χ1v) is 11.0. The molecule has 2 aromatic heterocycles. The van der Waals surface area contributed by atoms with Crippen LogP contribution < -0.4 is 10.1 Å². The number of rotatable bonds is 4. The Balaban J connectivity index is 1.55. The largest absolute Gasteiger partial charge is 0.496 e. The van der Waals surface area contributed by atoms with Crippen LogP contribution in [0.5, 0.6) is 5.75 Å². The van der Waals surface area contributed by atoms with Crippen LogP contribution in [-0.2, 0) is 4.79 Å². The van der Waals surface area contributed by atoms with E-state index in [1.54, 1.807) is 29.8 Å². The van der Waals surface area contributed by atoms with Crippen LogP contribution in [0, 0.1) is 0 Å². The zero-order valence-corrected chi connectivity index (χ0v) is 17.3. The van der Waals surface area contributed by atoms with Crippen molar-refractivity contribution in [2.75, 3.05) is 12.4 Å². The Hall–Kier alpha value is -3.15. The number of ether oxygens (including phenoxy) is 1. The minimum Gasteiger partial charge on any atom is -0.496 e. The fourth-order valence-corrected chi connectivity index (χ4v) is 4.96. The molecule has 0 bridgehead atoms. The quantitative estimate of drug-likeness (QED) is 0.379. The maximum Gasteiger partial charge on any atom is 0.256 e. The van der Waals surface area contributed by atoms with Crippen LogP contribution in [0.4, 0.5) is 5.69 Å². The van der Waals surface area contributed by atoms with E-state index in [1.165, 1.54) is 5.56 Å². The van der Waals surface area contributed by atoms with E-state index in [2.05, 4.69) is 40.3 Å². The molecule has 0 spiro atoms. The van der Waals surface area contributed by atoms with Gasteiger partial charge in [-0.25, -0.2) is 0 Å². The minimum atomic E-state index is -0.0732. The molecule has 1 aliphatic heterocycles. The first kappa shape index (κ1) is 17.9. The third kappa shape index (κ3) is 3.28. The van der Waals surface area contributed by atoms with Gasteiger partial charge in [-0.05, 0) is 69.2 Å². The summed E-state index contributed by atoms with van der Waals surface area (Å²) in [6.45, 7) is 0. The number of anilines is 1. The summed E-state index contributed by atoms with van der Waals surface area (Å²) in [6.07, 6.45) is 1.95. The molecule has 0 unspecified atom stereocenters. The fraction of sp³-hybridized carbons (Fsp3) is 0.0417. The Morgan fingerprint density at radius 3 is 2.66 bits per heavy atom. The van der Waals surface area contributed by atoms with Gasteiger partial charge in [0.1, 0.15) is 5.75 Å². The molecular weight excluding hydrogens is 398 g/mol. The van der Waals surface area contributed by atoms with Crippen LogP contribution in [0.25, 0.3) is 33.2 Å². The van der Waals surface area contributed by atoms with Crippen LogP contribution in [0.2, 0.25) is 0 Å². The van der Waals surface area contributed by atoms with Gasteiger partial charge in [0, 0.05) is 27.3 Å². The summed E-state index contributed by atoms with van der Waals surface area (Å²) in [4.78, 5) is 13.8. The molecule has 4 aromatic rings. The van der Waals surface area contributed by atoms with Gasteiger partial charge in [0.15, 0.2) is 0 Å². The number of hydrogen-bond donors (Lipinski definition) is 1. The van der Waals surface area contributed by atoms with E-state index in [9.17, 15) is 4.79 Å². The van der Waals surface area contributed by atoms with Crippen molar-refractivity contribution >= 4 is 45.9 Å². The molecule has 142 valence electrons. The number of benzene rings is 2. The Labute approximate surface area is 176 Å². The molecule has 3 nitrogen and oxygen atoms in total. The predicted molar refractivity (Wildman–Crippen MR) is 123 cm³/mol. The van der Waals surface area contributed by atoms with E-state index < -0.39 is 0 Å². The molecule has 5 heteroatoms. The maximum atomic E-state index is 12.7. The molecule has 0 saturated heterocycles. The van der Waals surface area contributed by atoms with Crippen molar-refractivity contribution in [3.63, 3.8) is 0 Å². The van der Waals surface area contributed by atoms with Gasteiger partial charge in [-0.15, -0.1) is 11.3 Å². The first-order chi connectivity index (χ1) is 14.2. The summed E-state index contributed by atoms with van der Waals surface area (Å²) < 4.78 is 5.53. The summed E-state index contributed by atoms with van der Waals surface area (Å²) in [5.74, 6) is 0.752. The number of amides is 1. The highest BCUT2D eigenvalue weighted by molar-refractivity contribution is 7.13. The lowest BCUT2D eigenvalue weighted by Crippen LogP contribution is -2.03. The van der Waals surface area contributed by atoms with Crippen molar-refractivity contribution in [1.82, 2.24) is 0 Å². The number of hydrogen-bond acceptors (Lipinski definition) is 4. The van der Waals surface area contributed by atoms with Crippen LogP contribution in [0.3, 0.4) is 0 Å². The molecule has 1 aliphatic rings. The molecule has 0 aliphatic carbocycles. The van der Waals surface area contributed by atoms with Gasteiger partial charge in [-0.1, -0.05) is 24.3 Å². The van der Waals surface area contributed by atoms with E-state index in [4.69, 9.17) is 4.74 Å². The summed E-state index contributed by atoms with van der Waals surface area (Å²) in [5.41, 5.74) is 6.74. The Morgan fingerprint density at radius 2 is 1.90 bits per heavy atom. The molecule has 5 rings (SSSR count). The lowest BCUT2D eigenvalue weighted by atomic mass is 9.99. The fourth-order valence-electron chi connectivity index (χ4n) is 3.55. The molecular formula is C24H17NO2S2. The van der Waals surface area contributed by atoms with Crippen molar-refractivity contribution in [3.8, 4) is 27.3 Å². The standard InChI is InChI=1S/C24H17NO2S2/c1-27-22-7-4-15(12-20(22)23-3-2-9-29-23)11-19-18-6-5-16(17-8-10-28-14-17)13-21(18)25-24(19)26/h2-14H,1H3,(H,25,26). The van der Waals surface area contributed by atoms with E-state index >= 15 is 0 Å². The maximum absolute atomic E-state index is 12.7. The molecule has 3 heterocycles. The zero-order valence-electron chi connectivity index (χ0n) is 15.6. The third-order valence-electron chi connectivity index (χ3n) is 4.98. The highest BCUT2D eigenvalue weighted by Gasteiger charge is 2.24. The normalized spacial score (nSPS) is 14.1. The van der Waals surface area contributed by atoms with Crippen LogP contribution in [-0.4, -0.2) is 13.0 Å². The van der Waals surface area contributed by atoms with Crippen molar-refractivity contribution < 1.29 is 9.53 Å². The minimum absolute atomic E-state index is 0.0732. The van der Waals surface area contributed by atoms with Crippen LogP contribution >= 0.6 is 22.7 Å². The molecule has 0 fully saturated rings. The Bertz CT molecular complexity index is 1220. The topological polar surface area (TPSA) is 38.3 Å². The Morgan fingerprint density at radius 1 is 0.966 bits per heavy atom. The smallest absolute Gasteiger partial charge is 0.256 e. The second kappa shape index (κ2) is 7.35. The van der Waals surface area contributed by atoms with Crippen molar-refractivity contribution in [1.29, 1.82) is 0 Å². The van der Waals surface area contributed by atoms with Crippen molar-refractivity contribution in [3.05, 3.63) is 81.9 Å². The number of fused-ring (bicyclic) bond motifs is 1. The van der Waals surface area contributed by atoms with E-state index in [0.717, 1.165) is 38.6 Å². The van der Waals surface area contributed by atoms with Gasteiger partial charge < -0.3 is 10.1 Å². The van der Waals surface area contributed by atoms with Crippen molar-refractivity contribution in [2.24, 2.45) is 0 Å². The van der Waals surface area contributed by atoms with Gasteiger partial charge in [0.25, 0.3) is 5.91 Å². The van der Waals surface area contributed by atoms with Gasteiger partial charge in [-0.2, -0.15) is 11.3 Å². The molecule has 0 saturated carbocycles. The summed E-state index contributed by atoms with van der Waals surface area (Å²) in [5, 5.41) is 9.22. The molecule has 0 atom stereocenters. The SMILES string of the molecule is COc1ccc(C=C2C(=O)Nc3cc(-c4ccsc4)ccc32)cc1-c1cccs1. The lowest BCUT2D eigenvalue weighted by Gasteiger charge is -2.08. The van der Waals surface area contributed by atoms with Crippen molar-refractivity contribution in [2.45, 2.75) is 0 Å². The number of carbonyl (C=O) groups excluding carboxylic acids is 1. The average molecular weight is 416 g/mol. The van der Waals surface area contributed by atoms with E-state index in [1.807, 2.05) is 41.8 Å². The highest BCUT2D eigenvalue weighted by atomic mass is 32.1. The number of thiophene rings is 2. The summed E-state index contributed by atoms with van der Waals surface area (Å²) in [7, 11) is 1.68.